The summed E-state index contributed by atoms with van der Waals surface area (Å²) in [6, 6.07) is 0. The van der Waals surface area contributed by atoms with Crippen molar-refractivity contribution in [3.05, 3.63) is 0 Å². The first-order valence-electron chi connectivity index (χ1n) is 3.96. The summed E-state index contributed by atoms with van der Waals surface area (Å²) in [5.74, 6) is 1.88. The molecule has 0 aliphatic heterocycles. The topological polar surface area (TPSA) is 46.5 Å². The molecule has 66 valence electrons. The SMILES string of the molecule is C#C[C@@]1(O)CCC[C@@H]1OC(C)=O. The highest BCUT2D eigenvalue weighted by Crippen LogP contribution is 2.31. The van der Waals surface area contributed by atoms with E-state index >= 15 is 0 Å². The molecule has 1 fully saturated rings. The highest BCUT2D eigenvalue weighted by atomic mass is 16.6. The van der Waals surface area contributed by atoms with E-state index in [4.69, 9.17) is 11.2 Å². The lowest BCUT2D eigenvalue weighted by atomic mass is 10.0. The van der Waals surface area contributed by atoms with Crippen LogP contribution in [0, 0.1) is 12.3 Å². The van der Waals surface area contributed by atoms with Gasteiger partial charge in [-0.05, 0) is 19.3 Å². The molecule has 1 rings (SSSR count). The standard InChI is InChI=1S/C9H12O3/c1-3-9(11)6-4-5-8(9)12-7(2)10/h1,8,11H,4-6H2,2H3/t8-,9+/m0/s1. The number of hydrogen-bond donors (Lipinski definition) is 1. The van der Waals surface area contributed by atoms with Crippen molar-refractivity contribution in [3.63, 3.8) is 0 Å². The summed E-state index contributed by atoms with van der Waals surface area (Å²) >= 11 is 0. The predicted octanol–water partition coefficient (Wildman–Crippen LogP) is 0.466. The molecule has 0 saturated heterocycles. The fraction of sp³-hybridized carbons (Fsp3) is 0.667. The Balaban J connectivity index is 2.65. The van der Waals surface area contributed by atoms with Gasteiger partial charge in [0.25, 0.3) is 0 Å². The predicted molar refractivity (Wildman–Crippen MR) is 43.2 cm³/mol. The zero-order chi connectivity index (χ0) is 9.19. The fourth-order valence-corrected chi connectivity index (χ4v) is 1.48. The lowest BCUT2D eigenvalue weighted by Crippen LogP contribution is -2.38. The zero-order valence-corrected chi connectivity index (χ0v) is 7.04. The van der Waals surface area contributed by atoms with E-state index in [0.717, 1.165) is 6.42 Å². The lowest BCUT2D eigenvalue weighted by Gasteiger charge is -2.23. The van der Waals surface area contributed by atoms with E-state index in [0.29, 0.717) is 12.8 Å². The van der Waals surface area contributed by atoms with Crippen molar-refractivity contribution in [2.75, 3.05) is 0 Å². The van der Waals surface area contributed by atoms with Crippen LogP contribution in [-0.4, -0.2) is 22.8 Å². The molecular weight excluding hydrogens is 156 g/mol. The van der Waals surface area contributed by atoms with Gasteiger partial charge in [0.1, 0.15) is 6.10 Å². The van der Waals surface area contributed by atoms with Gasteiger partial charge in [0, 0.05) is 6.92 Å². The Bertz CT molecular complexity index is 228. The molecular formula is C9H12O3. The third kappa shape index (κ3) is 1.59. The maximum atomic E-state index is 10.6. The van der Waals surface area contributed by atoms with Crippen molar-refractivity contribution in [1.82, 2.24) is 0 Å². The molecule has 1 aliphatic rings. The van der Waals surface area contributed by atoms with Crippen molar-refractivity contribution in [2.45, 2.75) is 37.9 Å². The monoisotopic (exact) mass is 168 g/mol. The first-order valence-corrected chi connectivity index (χ1v) is 3.96. The smallest absolute Gasteiger partial charge is 0.303 e. The van der Waals surface area contributed by atoms with E-state index < -0.39 is 17.7 Å². The molecule has 1 aliphatic carbocycles. The minimum Gasteiger partial charge on any atom is -0.458 e. The molecule has 0 spiro atoms. The molecule has 0 heterocycles. The van der Waals surface area contributed by atoms with Gasteiger partial charge in [-0.1, -0.05) is 5.92 Å². The molecule has 0 aromatic rings. The third-order valence-corrected chi connectivity index (χ3v) is 2.12. The Kier molecular flexibility index (Phi) is 2.39. The minimum atomic E-state index is -1.23. The Morgan fingerprint density at radius 3 is 3.00 bits per heavy atom. The van der Waals surface area contributed by atoms with Crippen molar-refractivity contribution < 1.29 is 14.6 Å². The van der Waals surface area contributed by atoms with Gasteiger partial charge in [-0.3, -0.25) is 4.79 Å². The first kappa shape index (κ1) is 9.08. The Morgan fingerprint density at radius 2 is 2.50 bits per heavy atom. The number of aliphatic hydroxyl groups is 1. The molecule has 0 bridgehead atoms. The van der Waals surface area contributed by atoms with E-state index in [2.05, 4.69) is 5.92 Å². The normalized spacial score (nSPS) is 34.2. The molecule has 2 atom stereocenters. The molecule has 0 aromatic heterocycles. The van der Waals surface area contributed by atoms with Gasteiger partial charge < -0.3 is 9.84 Å². The molecule has 12 heavy (non-hydrogen) atoms. The third-order valence-electron chi connectivity index (χ3n) is 2.12. The molecule has 0 amide bonds. The van der Waals surface area contributed by atoms with Crippen LogP contribution in [0.1, 0.15) is 26.2 Å². The number of ether oxygens (including phenoxy) is 1. The Morgan fingerprint density at radius 1 is 1.83 bits per heavy atom. The van der Waals surface area contributed by atoms with Crippen molar-refractivity contribution in [3.8, 4) is 12.3 Å². The summed E-state index contributed by atoms with van der Waals surface area (Å²) in [4.78, 5) is 10.6. The van der Waals surface area contributed by atoms with Crippen LogP contribution >= 0.6 is 0 Å². The van der Waals surface area contributed by atoms with E-state index in [1.165, 1.54) is 6.92 Å². The van der Waals surface area contributed by atoms with Gasteiger partial charge in [-0.2, -0.15) is 0 Å². The van der Waals surface area contributed by atoms with Crippen LogP contribution in [0.15, 0.2) is 0 Å². The average Bonchev–Trinajstić information content (AvgIpc) is 2.33. The Hall–Kier alpha value is -1.01. The maximum Gasteiger partial charge on any atom is 0.303 e. The van der Waals surface area contributed by atoms with Gasteiger partial charge in [-0.15, -0.1) is 6.42 Å². The van der Waals surface area contributed by atoms with Crippen molar-refractivity contribution in [1.29, 1.82) is 0 Å². The van der Waals surface area contributed by atoms with Crippen LogP contribution in [0.5, 0.6) is 0 Å². The largest absolute Gasteiger partial charge is 0.458 e. The van der Waals surface area contributed by atoms with Crippen molar-refractivity contribution >= 4 is 5.97 Å². The average molecular weight is 168 g/mol. The van der Waals surface area contributed by atoms with E-state index in [-0.39, 0.29) is 0 Å². The highest BCUT2D eigenvalue weighted by Gasteiger charge is 2.41. The number of carbonyl (C=O) groups is 1. The Labute approximate surface area is 71.7 Å². The molecule has 3 heteroatoms. The summed E-state index contributed by atoms with van der Waals surface area (Å²) < 4.78 is 4.89. The first-order chi connectivity index (χ1) is 5.58. The number of hydrogen-bond acceptors (Lipinski definition) is 3. The fourth-order valence-electron chi connectivity index (χ4n) is 1.48. The zero-order valence-electron chi connectivity index (χ0n) is 7.04. The van der Waals surface area contributed by atoms with Crippen LogP contribution in [0.25, 0.3) is 0 Å². The van der Waals surface area contributed by atoms with E-state index in [1.54, 1.807) is 0 Å². The highest BCUT2D eigenvalue weighted by molar-refractivity contribution is 5.66. The second-order valence-corrected chi connectivity index (χ2v) is 3.06. The molecule has 0 unspecified atom stereocenters. The van der Waals surface area contributed by atoms with Crippen LogP contribution < -0.4 is 0 Å². The molecule has 0 aromatic carbocycles. The second-order valence-electron chi connectivity index (χ2n) is 3.06. The van der Waals surface area contributed by atoms with Gasteiger partial charge in [0.15, 0.2) is 5.60 Å². The molecule has 0 radical (unpaired) electrons. The van der Waals surface area contributed by atoms with Crippen LogP contribution in [0.3, 0.4) is 0 Å². The lowest BCUT2D eigenvalue weighted by molar-refractivity contribution is -0.154. The second kappa shape index (κ2) is 3.16. The number of carbonyl (C=O) groups excluding carboxylic acids is 1. The van der Waals surface area contributed by atoms with Gasteiger partial charge >= 0.3 is 5.97 Å². The minimum absolute atomic E-state index is 0.393. The van der Waals surface area contributed by atoms with Crippen LogP contribution in [0.2, 0.25) is 0 Å². The quantitative estimate of drug-likeness (QED) is 0.457. The summed E-state index contributed by atoms with van der Waals surface area (Å²) in [6.07, 6.45) is 6.60. The van der Waals surface area contributed by atoms with E-state index in [9.17, 15) is 9.90 Å². The summed E-state index contributed by atoms with van der Waals surface area (Å²) in [5, 5.41) is 9.70. The van der Waals surface area contributed by atoms with Gasteiger partial charge in [-0.25, -0.2) is 0 Å². The van der Waals surface area contributed by atoms with E-state index in [1.807, 2.05) is 0 Å². The van der Waals surface area contributed by atoms with Gasteiger partial charge in [0.05, 0.1) is 0 Å². The summed E-state index contributed by atoms with van der Waals surface area (Å²) in [6.45, 7) is 1.31. The van der Waals surface area contributed by atoms with Gasteiger partial charge in [0.2, 0.25) is 0 Å². The van der Waals surface area contributed by atoms with Crippen molar-refractivity contribution in [2.24, 2.45) is 0 Å². The summed E-state index contributed by atoms with van der Waals surface area (Å²) in [7, 11) is 0. The van der Waals surface area contributed by atoms with Crippen LogP contribution in [0.4, 0.5) is 0 Å². The summed E-state index contributed by atoms with van der Waals surface area (Å²) in [5.41, 5.74) is -1.23. The molecule has 3 nitrogen and oxygen atoms in total. The number of terminal acetylenes is 1. The number of rotatable bonds is 1. The molecule has 1 saturated carbocycles. The molecule has 1 N–H and O–H groups in total. The maximum absolute atomic E-state index is 10.6. The number of esters is 1. The van der Waals surface area contributed by atoms with Crippen LogP contribution in [-0.2, 0) is 9.53 Å².